The maximum Gasteiger partial charge on any atom is 0.270 e. The molecule has 0 heterocycles. The van der Waals surface area contributed by atoms with E-state index in [1.807, 2.05) is 0 Å². The predicted molar refractivity (Wildman–Crippen MR) is 69.3 cm³/mol. The molecule has 1 aromatic carbocycles. The minimum absolute atomic E-state index is 0.0685. The molecule has 0 radical (unpaired) electrons. The number of methoxy groups -OCH3 is 1. The number of nitro benzene ring substituents is 1. The van der Waals surface area contributed by atoms with E-state index in [4.69, 9.17) is 10.5 Å². The monoisotopic (exact) mass is 317 g/mol. The van der Waals surface area contributed by atoms with Crippen molar-refractivity contribution in [2.24, 2.45) is 5.73 Å². The van der Waals surface area contributed by atoms with Crippen molar-refractivity contribution in [3.8, 4) is 0 Å². The number of hydrogen-bond acceptors (Lipinski definition) is 5. The number of nitro groups is 1. The Balaban J connectivity index is 2.79. The van der Waals surface area contributed by atoms with Gasteiger partial charge < -0.3 is 15.8 Å². The van der Waals surface area contributed by atoms with E-state index >= 15 is 0 Å². The predicted octanol–water partition coefficient (Wildman–Crippen LogP) is 1.27. The zero-order valence-corrected chi connectivity index (χ0v) is 11.1. The zero-order valence-electron chi connectivity index (χ0n) is 9.55. The molecular formula is C10H12BrN3O4. The van der Waals surface area contributed by atoms with Gasteiger partial charge in [0.1, 0.15) is 6.04 Å². The third-order valence-corrected chi connectivity index (χ3v) is 2.76. The molecule has 1 unspecified atom stereocenters. The maximum absolute atomic E-state index is 11.6. The van der Waals surface area contributed by atoms with E-state index in [-0.39, 0.29) is 12.3 Å². The van der Waals surface area contributed by atoms with Crippen LogP contribution in [-0.4, -0.2) is 30.6 Å². The normalized spacial score (nSPS) is 11.9. The standard InChI is InChI=1S/C10H12BrN3O4/c1-18-5-8(12)10(15)13-9-3-2-6(14(16)17)4-7(9)11/h2-4,8H,5,12H2,1H3,(H,13,15). The van der Waals surface area contributed by atoms with Crippen LogP contribution in [0, 0.1) is 10.1 Å². The lowest BCUT2D eigenvalue weighted by atomic mass is 10.2. The molecule has 7 nitrogen and oxygen atoms in total. The van der Waals surface area contributed by atoms with E-state index in [0.717, 1.165) is 0 Å². The van der Waals surface area contributed by atoms with Crippen LogP contribution in [0.25, 0.3) is 0 Å². The van der Waals surface area contributed by atoms with E-state index < -0.39 is 16.9 Å². The highest BCUT2D eigenvalue weighted by molar-refractivity contribution is 9.10. The largest absolute Gasteiger partial charge is 0.383 e. The fraction of sp³-hybridized carbons (Fsp3) is 0.300. The van der Waals surface area contributed by atoms with Crippen molar-refractivity contribution < 1.29 is 14.5 Å². The number of amides is 1. The van der Waals surface area contributed by atoms with Crippen LogP contribution < -0.4 is 11.1 Å². The minimum atomic E-state index is -0.794. The van der Waals surface area contributed by atoms with Gasteiger partial charge in [0.2, 0.25) is 5.91 Å². The summed E-state index contributed by atoms with van der Waals surface area (Å²) in [6, 6.07) is 3.23. The average Bonchev–Trinajstić information content (AvgIpc) is 2.31. The quantitative estimate of drug-likeness (QED) is 0.628. The molecule has 0 fully saturated rings. The third-order valence-electron chi connectivity index (χ3n) is 2.10. The van der Waals surface area contributed by atoms with Crippen LogP contribution in [0.3, 0.4) is 0 Å². The van der Waals surface area contributed by atoms with E-state index in [0.29, 0.717) is 10.2 Å². The molecule has 1 rings (SSSR count). The summed E-state index contributed by atoms with van der Waals surface area (Å²) in [5.41, 5.74) is 5.89. The molecular weight excluding hydrogens is 306 g/mol. The van der Waals surface area contributed by atoms with Crippen molar-refractivity contribution in [1.29, 1.82) is 0 Å². The lowest BCUT2D eigenvalue weighted by molar-refractivity contribution is -0.384. The Morgan fingerprint density at radius 2 is 2.33 bits per heavy atom. The second-order valence-electron chi connectivity index (χ2n) is 3.47. The molecule has 8 heteroatoms. The molecule has 0 bridgehead atoms. The van der Waals surface area contributed by atoms with Crippen molar-refractivity contribution >= 4 is 33.2 Å². The van der Waals surface area contributed by atoms with Gasteiger partial charge in [0, 0.05) is 23.7 Å². The first-order valence-electron chi connectivity index (χ1n) is 4.95. The number of non-ortho nitro benzene ring substituents is 1. The topological polar surface area (TPSA) is 107 Å². The smallest absolute Gasteiger partial charge is 0.270 e. The Morgan fingerprint density at radius 1 is 1.67 bits per heavy atom. The summed E-state index contributed by atoms with van der Waals surface area (Å²) in [7, 11) is 1.44. The Labute approximate surface area is 112 Å². The Kier molecular flexibility index (Phi) is 5.20. The Hall–Kier alpha value is -1.51. The summed E-state index contributed by atoms with van der Waals surface area (Å²) in [6.45, 7) is 0.0937. The second-order valence-corrected chi connectivity index (χ2v) is 4.33. The molecule has 1 aromatic rings. The molecule has 1 amide bonds. The first-order valence-corrected chi connectivity index (χ1v) is 5.74. The number of nitrogens with one attached hydrogen (secondary N) is 1. The number of anilines is 1. The molecule has 0 saturated heterocycles. The number of nitrogens with two attached hydrogens (primary N) is 1. The van der Waals surface area contributed by atoms with Gasteiger partial charge in [-0.05, 0) is 22.0 Å². The molecule has 0 aliphatic rings. The summed E-state index contributed by atoms with van der Waals surface area (Å²) in [6.07, 6.45) is 0. The molecule has 0 saturated carbocycles. The van der Waals surface area contributed by atoms with Crippen LogP contribution in [0.5, 0.6) is 0 Å². The van der Waals surface area contributed by atoms with Crippen molar-refractivity contribution in [3.05, 3.63) is 32.8 Å². The van der Waals surface area contributed by atoms with Gasteiger partial charge in [-0.15, -0.1) is 0 Å². The molecule has 0 aliphatic heterocycles. The molecule has 18 heavy (non-hydrogen) atoms. The first-order chi connectivity index (χ1) is 8.45. The van der Waals surface area contributed by atoms with Crippen LogP contribution in [-0.2, 0) is 9.53 Å². The lowest BCUT2D eigenvalue weighted by Crippen LogP contribution is -2.39. The number of carbonyl (C=O) groups excluding carboxylic acids is 1. The molecule has 3 N–H and O–H groups in total. The van der Waals surface area contributed by atoms with Gasteiger partial charge in [0.25, 0.3) is 5.69 Å². The summed E-state index contributed by atoms with van der Waals surface area (Å²) < 4.78 is 5.17. The van der Waals surface area contributed by atoms with Gasteiger partial charge in [-0.1, -0.05) is 0 Å². The van der Waals surface area contributed by atoms with Gasteiger partial charge >= 0.3 is 0 Å². The Morgan fingerprint density at radius 3 is 2.83 bits per heavy atom. The summed E-state index contributed by atoms with van der Waals surface area (Å²) in [5.74, 6) is -0.425. The number of nitrogens with zero attached hydrogens (tertiary/aromatic N) is 1. The molecule has 0 spiro atoms. The van der Waals surface area contributed by atoms with Gasteiger partial charge in [-0.25, -0.2) is 0 Å². The summed E-state index contributed by atoms with van der Waals surface area (Å²) in [5, 5.41) is 13.1. The highest BCUT2D eigenvalue weighted by Gasteiger charge is 2.16. The summed E-state index contributed by atoms with van der Waals surface area (Å²) in [4.78, 5) is 21.6. The van der Waals surface area contributed by atoms with Crippen molar-refractivity contribution in [3.63, 3.8) is 0 Å². The van der Waals surface area contributed by atoms with Crippen molar-refractivity contribution in [2.45, 2.75) is 6.04 Å². The number of hydrogen-bond donors (Lipinski definition) is 2. The second kappa shape index (κ2) is 6.43. The fourth-order valence-electron chi connectivity index (χ4n) is 1.20. The summed E-state index contributed by atoms with van der Waals surface area (Å²) >= 11 is 3.14. The Bertz CT molecular complexity index is 466. The molecule has 1 atom stereocenters. The minimum Gasteiger partial charge on any atom is -0.383 e. The van der Waals surface area contributed by atoms with Crippen LogP contribution >= 0.6 is 15.9 Å². The van der Waals surface area contributed by atoms with Gasteiger partial charge in [-0.3, -0.25) is 14.9 Å². The molecule has 98 valence electrons. The number of ether oxygens (including phenoxy) is 1. The van der Waals surface area contributed by atoms with E-state index in [1.165, 1.54) is 25.3 Å². The van der Waals surface area contributed by atoms with Crippen LogP contribution in [0.1, 0.15) is 0 Å². The molecule has 0 aliphatic carbocycles. The van der Waals surface area contributed by atoms with Crippen molar-refractivity contribution in [2.75, 3.05) is 19.0 Å². The highest BCUT2D eigenvalue weighted by Crippen LogP contribution is 2.27. The fourth-order valence-corrected chi connectivity index (χ4v) is 1.67. The SMILES string of the molecule is COCC(N)C(=O)Nc1ccc([N+](=O)[O-])cc1Br. The van der Waals surface area contributed by atoms with Gasteiger partial charge in [0.05, 0.1) is 17.2 Å². The van der Waals surface area contributed by atoms with E-state index in [1.54, 1.807) is 0 Å². The van der Waals surface area contributed by atoms with Crippen LogP contribution in [0.15, 0.2) is 22.7 Å². The van der Waals surface area contributed by atoms with Crippen molar-refractivity contribution in [1.82, 2.24) is 0 Å². The van der Waals surface area contributed by atoms with Crippen LogP contribution in [0.2, 0.25) is 0 Å². The molecule has 0 aromatic heterocycles. The third kappa shape index (κ3) is 3.76. The average molecular weight is 318 g/mol. The number of carbonyl (C=O) groups is 1. The lowest BCUT2D eigenvalue weighted by Gasteiger charge is -2.12. The number of benzene rings is 1. The van der Waals surface area contributed by atoms with Crippen LogP contribution in [0.4, 0.5) is 11.4 Å². The number of halogens is 1. The van der Waals surface area contributed by atoms with Gasteiger partial charge in [-0.2, -0.15) is 0 Å². The maximum atomic E-state index is 11.6. The van der Waals surface area contributed by atoms with E-state index in [9.17, 15) is 14.9 Å². The number of rotatable bonds is 5. The van der Waals surface area contributed by atoms with E-state index in [2.05, 4.69) is 21.2 Å². The highest BCUT2D eigenvalue weighted by atomic mass is 79.9. The van der Waals surface area contributed by atoms with Gasteiger partial charge in [0.15, 0.2) is 0 Å². The zero-order chi connectivity index (χ0) is 13.7. The first kappa shape index (κ1) is 14.6.